The number of thiophene rings is 1. The van der Waals surface area contributed by atoms with E-state index in [9.17, 15) is 9.59 Å². The molecule has 0 aliphatic heterocycles. The fourth-order valence-corrected chi connectivity index (χ4v) is 3.99. The van der Waals surface area contributed by atoms with Gasteiger partial charge in [0.1, 0.15) is 4.70 Å². The van der Waals surface area contributed by atoms with Gasteiger partial charge in [0.05, 0.1) is 22.0 Å². The highest BCUT2D eigenvalue weighted by molar-refractivity contribution is 7.99. The predicted molar refractivity (Wildman–Crippen MR) is 100 cm³/mol. The highest BCUT2D eigenvalue weighted by Gasteiger charge is 2.12. The Morgan fingerprint density at radius 2 is 2.21 bits per heavy atom. The van der Waals surface area contributed by atoms with Crippen LogP contribution in [0, 0.1) is 6.92 Å². The van der Waals surface area contributed by atoms with E-state index in [2.05, 4.69) is 10.3 Å². The molecule has 3 aromatic rings. The number of carbonyl (C=O) groups is 1. The molecule has 0 unspecified atom stereocenters. The molecular formula is C16H14ClN3O2S2. The van der Waals surface area contributed by atoms with E-state index in [0.29, 0.717) is 26.1 Å². The van der Waals surface area contributed by atoms with E-state index in [1.807, 2.05) is 18.4 Å². The number of nitrogens with zero attached hydrogens (tertiary/aromatic N) is 2. The molecule has 5 nitrogen and oxygen atoms in total. The molecule has 0 radical (unpaired) electrons. The van der Waals surface area contributed by atoms with E-state index in [-0.39, 0.29) is 17.2 Å². The molecular weight excluding hydrogens is 366 g/mol. The number of fused-ring (bicyclic) bond motifs is 1. The molecule has 1 amide bonds. The number of aryl methyl sites for hydroxylation is 1. The summed E-state index contributed by atoms with van der Waals surface area (Å²) >= 11 is 8.70. The molecule has 0 atom stereocenters. The average molecular weight is 380 g/mol. The molecule has 1 N–H and O–H groups in total. The number of aromatic nitrogens is 2. The smallest absolute Gasteiger partial charge is 0.271 e. The first-order chi connectivity index (χ1) is 11.5. The third kappa shape index (κ3) is 3.48. The maximum Gasteiger partial charge on any atom is 0.271 e. The Balaban J connectivity index is 1.72. The van der Waals surface area contributed by atoms with Crippen LogP contribution < -0.4 is 10.9 Å². The largest absolute Gasteiger partial charge is 0.324 e. The van der Waals surface area contributed by atoms with Crippen molar-refractivity contribution in [1.29, 1.82) is 0 Å². The van der Waals surface area contributed by atoms with Gasteiger partial charge in [0.25, 0.3) is 5.56 Å². The minimum absolute atomic E-state index is 0.0977. The zero-order valence-electron chi connectivity index (χ0n) is 13.0. The molecule has 0 aliphatic carbocycles. The van der Waals surface area contributed by atoms with Crippen LogP contribution in [-0.2, 0) is 11.8 Å². The number of hydrogen-bond donors (Lipinski definition) is 1. The summed E-state index contributed by atoms with van der Waals surface area (Å²) in [4.78, 5) is 28.8. The van der Waals surface area contributed by atoms with Crippen LogP contribution >= 0.6 is 34.7 Å². The SMILES string of the molecule is Cc1ccc(NC(=O)CSc2nc3ccsc3c(=O)n2C)c(Cl)c1. The summed E-state index contributed by atoms with van der Waals surface area (Å²) in [6, 6.07) is 7.24. The summed E-state index contributed by atoms with van der Waals surface area (Å²) in [6.45, 7) is 1.93. The lowest BCUT2D eigenvalue weighted by Crippen LogP contribution is -2.20. The van der Waals surface area contributed by atoms with Gasteiger partial charge in [0.15, 0.2) is 5.16 Å². The average Bonchev–Trinajstić information content (AvgIpc) is 3.01. The van der Waals surface area contributed by atoms with Crippen molar-refractivity contribution in [3.63, 3.8) is 0 Å². The molecule has 0 bridgehead atoms. The van der Waals surface area contributed by atoms with E-state index >= 15 is 0 Å². The lowest BCUT2D eigenvalue weighted by molar-refractivity contribution is -0.113. The Bertz CT molecular complexity index is 981. The number of hydrogen-bond acceptors (Lipinski definition) is 5. The number of carbonyl (C=O) groups excluding carboxylic acids is 1. The maximum absolute atomic E-state index is 12.2. The van der Waals surface area contributed by atoms with E-state index in [4.69, 9.17) is 11.6 Å². The van der Waals surface area contributed by atoms with Crippen LogP contribution in [0.1, 0.15) is 5.56 Å². The highest BCUT2D eigenvalue weighted by atomic mass is 35.5. The summed E-state index contributed by atoms with van der Waals surface area (Å²) in [5.41, 5.74) is 2.16. The van der Waals surface area contributed by atoms with Crippen molar-refractivity contribution >= 4 is 56.5 Å². The van der Waals surface area contributed by atoms with E-state index in [1.165, 1.54) is 27.7 Å². The first-order valence-electron chi connectivity index (χ1n) is 7.09. The lowest BCUT2D eigenvalue weighted by atomic mass is 10.2. The Hall–Kier alpha value is -1.83. The van der Waals surface area contributed by atoms with Crippen LogP contribution in [0.4, 0.5) is 5.69 Å². The van der Waals surface area contributed by atoms with Crippen molar-refractivity contribution in [1.82, 2.24) is 9.55 Å². The van der Waals surface area contributed by atoms with Crippen molar-refractivity contribution in [3.8, 4) is 0 Å². The van der Waals surface area contributed by atoms with Gasteiger partial charge in [0, 0.05) is 7.05 Å². The second-order valence-electron chi connectivity index (χ2n) is 5.21. The number of halogens is 1. The van der Waals surface area contributed by atoms with Gasteiger partial charge in [-0.25, -0.2) is 4.98 Å². The van der Waals surface area contributed by atoms with E-state index < -0.39 is 0 Å². The lowest BCUT2D eigenvalue weighted by Gasteiger charge is -2.09. The zero-order valence-corrected chi connectivity index (χ0v) is 15.4. The summed E-state index contributed by atoms with van der Waals surface area (Å²) < 4.78 is 2.09. The molecule has 2 aromatic heterocycles. The number of nitrogens with one attached hydrogen (secondary N) is 1. The van der Waals surface area contributed by atoms with Crippen LogP contribution in [0.3, 0.4) is 0 Å². The van der Waals surface area contributed by atoms with Gasteiger partial charge in [-0.05, 0) is 36.1 Å². The van der Waals surface area contributed by atoms with Gasteiger partial charge in [-0.1, -0.05) is 29.4 Å². The fraction of sp³-hybridized carbons (Fsp3) is 0.188. The molecule has 1 aromatic carbocycles. The molecule has 0 spiro atoms. The third-order valence-corrected chi connectivity index (χ3v) is 5.61. The quantitative estimate of drug-likeness (QED) is 0.554. The van der Waals surface area contributed by atoms with Crippen LogP contribution in [0.15, 0.2) is 39.6 Å². The Labute approximate surface area is 151 Å². The number of thioether (sulfide) groups is 1. The summed E-state index contributed by atoms with van der Waals surface area (Å²) in [5, 5.41) is 5.61. The fourth-order valence-electron chi connectivity index (χ4n) is 2.13. The Morgan fingerprint density at radius 1 is 1.42 bits per heavy atom. The highest BCUT2D eigenvalue weighted by Crippen LogP contribution is 2.24. The van der Waals surface area contributed by atoms with Crippen molar-refractivity contribution < 1.29 is 4.79 Å². The van der Waals surface area contributed by atoms with Crippen LogP contribution in [0.2, 0.25) is 5.02 Å². The van der Waals surface area contributed by atoms with Crippen molar-refractivity contribution in [3.05, 3.63) is 50.6 Å². The molecule has 0 saturated heterocycles. The second-order valence-corrected chi connectivity index (χ2v) is 7.48. The maximum atomic E-state index is 12.2. The van der Waals surface area contributed by atoms with E-state index in [0.717, 1.165) is 5.56 Å². The molecule has 2 heterocycles. The predicted octanol–water partition coefficient (Wildman–Crippen LogP) is 3.69. The third-order valence-electron chi connectivity index (χ3n) is 3.38. The van der Waals surface area contributed by atoms with Gasteiger partial charge in [-0.15, -0.1) is 11.3 Å². The molecule has 8 heteroatoms. The van der Waals surface area contributed by atoms with Crippen molar-refractivity contribution in [2.45, 2.75) is 12.1 Å². The molecule has 0 fully saturated rings. The normalized spacial score (nSPS) is 11.0. The van der Waals surface area contributed by atoms with Gasteiger partial charge in [-0.3, -0.25) is 14.2 Å². The standard InChI is InChI=1S/C16H14ClN3O2S2/c1-9-3-4-11(10(17)7-9)18-13(21)8-24-16-19-12-5-6-23-14(12)15(22)20(16)2/h3-7H,8H2,1-2H3,(H,18,21). The minimum Gasteiger partial charge on any atom is -0.324 e. The second kappa shape index (κ2) is 6.96. The van der Waals surface area contributed by atoms with Crippen LogP contribution in [0.5, 0.6) is 0 Å². The summed E-state index contributed by atoms with van der Waals surface area (Å²) in [6.07, 6.45) is 0. The Morgan fingerprint density at radius 3 is 2.96 bits per heavy atom. The summed E-state index contributed by atoms with van der Waals surface area (Å²) in [5.74, 6) is -0.0643. The van der Waals surface area contributed by atoms with E-state index in [1.54, 1.807) is 25.2 Å². The zero-order chi connectivity index (χ0) is 17.3. The first kappa shape index (κ1) is 17.0. The molecule has 3 rings (SSSR count). The van der Waals surface area contributed by atoms with Gasteiger partial charge < -0.3 is 5.32 Å². The van der Waals surface area contributed by atoms with Gasteiger partial charge in [0.2, 0.25) is 5.91 Å². The van der Waals surface area contributed by atoms with Crippen molar-refractivity contribution in [2.75, 3.05) is 11.1 Å². The number of benzene rings is 1. The molecule has 0 aliphatic rings. The first-order valence-corrected chi connectivity index (χ1v) is 9.33. The van der Waals surface area contributed by atoms with Gasteiger partial charge >= 0.3 is 0 Å². The molecule has 124 valence electrons. The Kier molecular flexibility index (Phi) is 4.93. The van der Waals surface area contributed by atoms with Crippen LogP contribution in [0.25, 0.3) is 10.2 Å². The van der Waals surface area contributed by atoms with Crippen molar-refractivity contribution in [2.24, 2.45) is 7.05 Å². The monoisotopic (exact) mass is 379 g/mol. The topological polar surface area (TPSA) is 64.0 Å². The summed E-state index contributed by atoms with van der Waals surface area (Å²) in [7, 11) is 1.66. The number of rotatable bonds is 4. The van der Waals surface area contributed by atoms with Gasteiger partial charge in [-0.2, -0.15) is 0 Å². The minimum atomic E-state index is -0.203. The van der Waals surface area contributed by atoms with Crippen LogP contribution in [-0.4, -0.2) is 21.2 Å². The number of anilines is 1. The molecule has 0 saturated carbocycles. The molecule has 24 heavy (non-hydrogen) atoms. The number of amides is 1.